The highest BCUT2D eigenvalue weighted by atomic mass is 16.2. The quantitative estimate of drug-likeness (QED) is 0.901. The molecule has 5 saturated carbocycles. The van der Waals surface area contributed by atoms with Gasteiger partial charge in [0, 0.05) is 17.4 Å². The van der Waals surface area contributed by atoms with Crippen molar-refractivity contribution in [2.24, 2.45) is 23.2 Å². The van der Waals surface area contributed by atoms with Gasteiger partial charge in [-0.25, -0.2) is 0 Å². The van der Waals surface area contributed by atoms with Crippen molar-refractivity contribution >= 4 is 5.91 Å². The minimum atomic E-state index is 0.0125. The van der Waals surface area contributed by atoms with Crippen molar-refractivity contribution in [3.63, 3.8) is 0 Å². The van der Waals surface area contributed by atoms with Crippen LogP contribution in [0.1, 0.15) is 56.4 Å². The molecule has 5 aliphatic carbocycles. The monoisotopic (exact) mass is 295 g/mol. The number of rotatable bonds is 3. The maximum atomic E-state index is 13.0. The molecule has 0 aliphatic heterocycles. The summed E-state index contributed by atoms with van der Waals surface area (Å²) >= 11 is 0. The Kier molecular flexibility index (Phi) is 2.75. The average Bonchev–Trinajstić information content (AvgIpc) is 3.26. The highest BCUT2D eigenvalue weighted by Crippen LogP contribution is 2.60. The Hall–Kier alpha value is -1.31. The Morgan fingerprint density at radius 2 is 1.50 bits per heavy atom. The third-order valence-corrected chi connectivity index (χ3v) is 6.85. The highest BCUT2D eigenvalue weighted by molar-refractivity contribution is 5.84. The largest absolute Gasteiger partial charge is 0.352 e. The van der Waals surface area contributed by atoms with E-state index in [0.29, 0.717) is 17.9 Å². The first kappa shape index (κ1) is 13.2. The summed E-state index contributed by atoms with van der Waals surface area (Å²) in [5.41, 5.74) is 1.40. The topological polar surface area (TPSA) is 29.1 Å². The molecule has 22 heavy (non-hydrogen) atoms. The Morgan fingerprint density at radius 3 is 2.09 bits per heavy atom. The Labute approximate surface area is 132 Å². The number of hydrogen-bond acceptors (Lipinski definition) is 1. The standard InChI is InChI=1S/C20H25NO/c22-19(21-18-9-17(18)16-4-2-1-3-5-16)20-10-13-6-14(11-20)8-15(7-13)12-20/h1-5,13-15,17-18H,6-12H2,(H,21,22)/t13?,14?,15?,17-,18-,20?/m0/s1. The molecule has 1 amide bonds. The molecule has 5 fully saturated rings. The van der Waals surface area contributed by atoms with Gasteiger partial charge in [0.25, 0.3) is 0 Å². The molecule has 2 atom stereocenters. The van der Waals surface area contributed by atoms with E-state index in [0.717, 1.165) is 24.2 Å². The van der Waals surface area contributed by atoms with Crippen LogP contribution in [0.5, 0.6) is 0 Å². The highest BCUT2D eigenvalue weighted by Gasteiger charge is 2.55. The molecule has 1 aromatic rings. The van der Waals surface area contributed by atoms with E-state index in [4.69, 9.17) is 0 Å². The van der Waals surface area contributed by atoms with Crippen molar-refractivity contribution in [1.29, 1.82) is 0 Å². The van der Waals surface area contributed by atoms with Crippen LogP contribution in [0.3, 0.4) is 0 Å². The van der Waals surface area contributed by atoms with E-state index in [9.17, 15) is 4.79 Å². The molecular formula is C20H25NO. The lowest BCUT2D eigenvalue weighted by atomic mass is 9.49. The second kappa shape index (κ2) is 4.59. The Balaban J connectivity index is 1.28. The van der Waals surface area contributed by atoms with Gasteiger partial charge in [-0.2, -0.15) is 0 Å². The summed E-state index contributed by atoms with van der Waals surface area (Å²) in [5.74, 6) is 3.50. The van der Waals surface area contributed by atoms with Gasteiger partial charge < -0.3 is 5.32 Å². The van der Waals surface area contributed by atoms with E-state index >= 15 is 0 Å². The second-order valence-electron chi connectivity index (χ2n) is 8.53. The van der Waals surface area contributed by atoms with E-state index in [1.54, 1.807) is 0 Å². The van der Waals surface area contributed by atoms with Gasteiger partial charge in [0.1, 0.15) is 0 Å². The lowest BCUT2D eigenvalue weighted by molar-refractivity contribution is -0.146. The summed E-state index contributed by atoms with van der Waals surface area (Å²) in [5, 5.41) is 3.42. The van der Waals surface area contributed by atoms with E-state index < -0.39 is 0 Å². The molecule has 2 heteroatoms. The molecule has 0 unspecified atom stereocenters. The number of nitrogens with one attached hydrogen (secondary N) is 1. The Bertz CT molecular complexity index is 558. The van der Waals surface area contributed by atoms with Gasteiger partial charge in [-0.3, -0.25) is 4.79 Å². The van der Waals surface area contributed by atoms with Crippen LogP contribution in [-0.2, 0) is 4.79 Å². The van der Waals surface area contributed by atoms with Gasteiger partial charge in [0.05, 0.1) is 0 Å². The maximum Gasteiger partial charge on any atom is 0.226 e. The van der Waals surface area contributed by atoms with Gasteiger partial charge in [-0.1, -0.05) is 30.3 Å². The number of amides is 1. The normalized spacial score (nSPS) is 44.8. The maximum absolute atomic E-state index is 13.0. The third-order valence-electron chi connectivity index (χ3n) is 6.85. The second-order valence-corrected chi connectivity index (χ2v) is 8.53. The van der Waals surface area contributed by atoms with Crippen LogP contribution in [0, 0.1) is 23.2 Å². The van der Waals surface area contributed by atoms with Crippen LogP contribution in [0.4, 0.5) is 0 Å². The van der Waals surface area contributed by atoms with Gasteiger partial charge in [-0.15, -0.1) is 0 Å². The summed E-state index contributed by atoms with van der Waals surface area (Å²) in [4.78, 5) is 13.0. The number of benzene rings is 1. The van der Waals surface area contributed by atoms with Gasteiger partial charge in [0.15, 0.2) is 0 Å². The SMILES string of the molecule is O=C(N[C@H]1C[C@H]1c1ccccc1)C12CC3CC(CC(C3)C1)C2. The molecule has 1 N–H and O–H groups in total. The summed E-state index contributed by atoms with van der Waals surface area (Å²) < 4.78 is 0. The zero-order chi connectivity index (χ0) is 14.7. The average molecular weight is 295 g/mol. The molecule has 116 valence electrons. The van der Waals surface area contributed by atoms with Crippen LogP contribution in [0.25, 0.3) is 0 Å². The minimum Gasteiger partial charge on any atom is -0.352 e. The van der Waals surface area contributed by atoms with E-state index in [2.05, 4.69) is 35.6 Å². The van der Waals surface area contributed by atoms with Gasteiger partial charge >= 0.3 is 0 Å². The molecule has 5 aliphatic rings. The molecule has 0 saturated heterocycles. The molecule has 0 spiro atoms. The van der Waals surface area contributed by atoms with Gasteiger partial charge in [0.2, 0.25) is 5.91 Å². The van der Waals surface area contributed by atoms with Crippen LogP contribution in [-0.4, -0.2) is 11.9 Å². The molecule has 6 rings (SSSR count). The lowest BCUT2D eigenvalue weighted by Crippen LogP contribution is -2.54. The fourth-order valence-electron chi connectivity index (χ4n) is 6.13. The first-order valence-corrected chi connectivity index (χ1v) is 9.08. The van der Waals surface area contributed by atoms with Gasteiger partial charge in [-0.05, 0) is 68.3 Å². The zero-order valence-corrected chi connectivity index (χ0v) is 13.1. The number of hydrogen-bond donors (Lipinski definition) is 1. The molecule has 0 radical (unpaired) electrons. The summed E-state index contributed by atoms with van der Waals surface area (Å²) in [6.45, 7) is 0. The Morgan fingerprint density at radius 1 is 0.909 bits per heavy atom. The smallest absolute Gasteiger partial charge is 0.226 e. The zero-order valence-electron chi connectivity index (χ0n) is 13.1. The summed E-state index contributed by atoms with van der Waals surface area (Å²) in [7, 11) is 0. The predicted molar refractivity (Wildman–Crippen MR) is 86.3 cm³/mol. The van der Waals surface area contributed by atoms with Crippen molar-refractivity contribution in [1.82, 2.24) is 5.32 Å². The lowest BCUT2D eigenvalue weighted by Gasteiger charge is -2.55. The van der Waals surface area contributed by atoms with Crippen LogP contribution in [0.2, 0.25) is 0 Å². The number of carbonyl (C=O) groups excluding carboxylic acids is 1. The van der Waals surface area contributed by atoms with E-state index in [1.165, 1.54) is 44.1 Å². The molecule has 1 aromatic carbocycles. The van der Waals surface area contributed by atoms with Crippen LogP contribution >= 0.6 is 0 Å². The van der Waals surface area contributed by atoms with E-state index in [-0.39, 0.29) is 5.41 Å². The third kappa shape index (κ3) is 2.03. The summed E-state index contributed by atoms with van der Waals surface area (Å²) in [6.07, 6.45) is 8.87. The van der Waals surface area contributed by atoms with Crippen LogP contribution in [0.15, 0.2) is 30.3 Å². The predicted octanol–water partition coefficient (Wildman–Crippen LogP) is 3.88. The molecule has 2 nitrogen and oxygen atoms in total. The van der Waals surface area contributed by atoms with Crippen molar-refractivity contribution in [3.8, 4) is 0 Å². The van der Waals surface area contributed by atoms with E-state index in [1.807, 2.05) is 0 Å². The first-order valence-electron chi connectivity index (χ1n) is 9.08. The fraction of sp³-hybridized carbons (Fsp3) is 0.650. The molecule has 0 aromatic heterocycles. The van der Waals surface area contributed by atoms with Crippen molar-refractivity contribution < 1.29 is 4.79 Å². The van der Waals surface area contributed by atoms with Crippen molar-refractivity contribution in [2.45, 2.75) is 56.9 Å². The minimum absolute atomic E-state index is 0.0125. The van der Waals surface area contributed by atoms with Crippen molar-refractivity contribution in [2.75, 3.05) is 0 Å². The fourth-order valence-corrected chi connectivity index (χ4v) is 6.13. The van der Waals surface area contributed by atoms with Crippen molar-refractivity contribution in [3.05, 3.63) is 35.9 Å². The van der Waals surface area contributed by atoms with Crippen LogP contribution < -0.4 is 5.32 Å². The molecule has 0 heterocycles. The molecule has 4 bridgehead atoms. The molecular weight excluding hydrogens is 270 g/mol. The number of carbonyl (C=O) groups is 1. The summed E-state index contributed by atoms with van der Waals surface area (Å²) in [6, 6.07) is 11.1. The first-order chi connectivity index (χ1) is 10.7.